The van der Waals surface area contributed by atoms with Crippen LogP contribution in [0.25, 0.3) is 43.8 Å². The standard InChI is InChI=1S/C26H11F7/c27-18-6-5-12(7-19(18)28)24-14-3-1-2-4-15(14)25(13-8-22(31)26(33)23(32)9-13)17-11-21(30)20(29)10-16(17)24/h1-11H. The molecule has 0 saturated carbocycles. The molecule has 0 amide bonds. The molecule has 0 aliphatic heterocycles. The highest BCUT2D eigenvalue weighted by Gasteiger charge is 2.21. The van der Waals surface area contributed by atoms with E-state index >= 15 is 0 Å². The van der Waals surface area contributed by atoms with Crippen molar-refractivity contribution in [1.82, 2.24) is 0 Å². The summed E-state index contributed by atoms with van der Waals surface area (Å²) in [7, 11) is 0. The maximum atomic E-state index is 14.3. The van der Waals surface area contributed by atoms with Gasteiger partial charge in [0.2, 0.25) is 0 Å². The van der Waals surface area contributed by atoms with E-state index in [-0.39, 0.29) is 33.0 Å². The molecule has 7 heteroatoms. The van der Waals surface area contributed by atoms with Gasteiger partial charge in [0.15, 0.2) is 40.7 Å². The Labute approximate surface area is 182 Å². The van der Waals surface area contributed by atoms with Crippen molar-refractivity contribution in [2.45, 2.75) is 0 Å². The zero-order valence-electron chi connectivity index (χ0n) is 16.5. The van der Waals surface area contributed by atoms with E-state index in [2.05, 4.69) is 0 Å². The molecule has 0 unspecified atom stereocenters. The highest BCUT2D eigenvalue weighted by atomic mass is 19.2. The first-order valence-electron chi connectivity index (χ1n) is 9.70. The first-order valence-corrected chi connectivity index (χ1v) is 9.70. The average Bonchev–Trinajstić information content (AvgIpc) is 2.78. The van der Waals surface area contributed by atoms with Crippen LogP contribution in [-0.2, 0) is 0 Å². The second-order valence-electron chi connectivity index (χ2n) is 7.49. The molecule has 0 N–H and O–H groups in total. The molecule has 0 aliphatic carbocycles. The zero-order valence-corrected chi connectivity index (χ0v) is 16.5. The Balaban J connectivity index is 2.02. The van der Waals surface area contributed by atoms with Crippen LogP contribution in [0.3, 0.4) is 0 Å². The van der Waals surface area contributed by atoms with E-state index in [1.807, 2.05) is 0 Å². The molecule has 0 heterocycles. The van der Waals surface area contributed by atoms with E-state index in [9.17, 15) is 30.7 Å². The Morgan fingerprint density at radius 3 is 1.33 bits per heavy atom. The third kappa shape index (κ3) is 3.31. The molecule has 0 saturated heterocycles. The summed E-state index contributed by atoms with van der Waals surface area (Å²) in [5.41, 5.74) is 0.480. The molecule has 164 valence electrons. The minimum Gasteiger partial charge on any atom is -0.204 e. The van der Waals surface area contributed by atoms with Gasteiger partial charge in [-0.1, -0.05) is 30.3 Å². The third-order valence-corrected chi connectivity index (χ3v) is 5.55. The number of benzene rings is 5. The predicted molar refractivity (Wildman–Crippen MR) is 112 cm³/mol. The normalized spacial score (nSPS) is 11.5. The maximum Gasteiger partial charge on any atom is 0.194 e. The smallest absolute Gasteiger partial charge is 0.194 e. The minimum atomic E-state index is -1.66. The van der Waals surface area contributed by atoms with Crippen LogP contribution in [0.4, 0.5) is 30.7 Å². The lowest BCUT2D eigenvalue weighted by molar-refractivity contribution is 0.448. The molecule has 0 bridgehead atoms. The molecule has 5 aromatic carbocycles. The first kappa shape index (κ1) is 21.0. The number of hydrogen-bond donors (Lipinski definition) is 0. The molecule has 5 rings (SSSR count). The molecular formula is C26H11F7. The summed E-state index contributed by atoms with van der Waals surface area (Å²) in [5.74, 6) is -9.22. The van der Waals surface area contributed by atoms with Crippen molar-refractivity contribution in [2.24, 2.45) is 0 Å². The van der Waals surface area contributed by atoms with Crippen molar-refractivity contribution < 1.29 is 30.7 Å². The van der Waals surface area contributed by atoms with Crippen LogP contribution in [-0.4, -0.2) is 0 Å². The van der Waals surface area contributed by atoms with Crippen molar-refractivity contribution in [3.05, 3.63) is 107 Å². The molecule has 0 radical (unpaired) electrons. The van der Waals surface area contributed by atoms with Gasteiger partial charge in [-0.05, 0) is 80.2 Å². The van der Waals surface area contributed by atoms with Gasteiger partial charge in [0.25, 0.3) is 0 Å². The van der Waals surface area contributed by atoms with E-state index < -0.39 is 40.7 Å². The number of halogens is 7. The molecule has 33 heavy (non-hydrogen) atoms. The van der Waals surface area contributed by atoms with Gasteiger partial charge in [-0.15, -0.1) is 0 Å². The van der Waals surface area contributed by atoms with Crippen LogP contribution in [0.15, 0.2) is 66.7 Å². The summed E-state index contributed by atoms with van der Waals surface area (Å²) < 4.78 is 98.0. The number of rotatable bonds is 2. The van der Waals surface area contributed by atoms with Gasteiger partial charge in [0, 0.05) is 0 Å². The third-order valence-electron chi connectivity index (χ3n) is 5.55. The van der Waals surface area contributed by atoms with Crippen molar-refractivity contribution in [1.29, 1.82) is 0 Å². The second kappa shape index (κ2) is 7.62. The fourth-order valence-electron chi connectivity index (χ4n) is 4.14. The van der Waals surface area contributed by atoms with E-state index in [1.165, 1.54) is 6.07 Å². The largest absolute Gasteiger partial charge is 0.204 e. The van der Waals surface area contributed by atoms with Gasteiger partial charge >= 0.3 is 0 Å². The molecule has 0 aliphatic rings. The van der Waals surface area contributed by atoms with E-state index in [0.717, 1.165) is 36.4 Å². The van der Waals surface area contributed by atoms with Crippen molar-refractivity contribution in [2.75, 3.05) is 0 Å². The molecule has 0 atom stereocenters. The molecule has 0 fully saturated rings. The summed E-state index contributed by atoms with van der Waals surface area (Å²) >= 11 is 0. The predicted octanol–water partition coefficient (Wildman–Crippen LogP) is 8.30. The second-order valence-corrected chi connectivity index (χ2v) is 7.49. The quantitative estimate of drug-likeness (QED) is 0.142. The molecule has 5 aromatic rings. The van der Waals surface area contributed by atoms with Gasteiger partial charge in [-0.2, -0.15) is 0 Å². The lowest BCUT2D eigenvalue weighted by atomic mass is 9.85. The lowest BCUT2D eigenvalue weighted by Gasteiger charge is -2.18. The molecule has 0 spiro atoms. The molecule has 0 aromatic heterocycles. The van der Waals surface area contributed by atoms with E-state index in [0.29, 0.717) is 10.8 Å². The topological polar surface area (TPSA) is 0 Å². The van der Waals surface area contributed by atoms with Gasteiger partial charge in [-0.3, -0.25) is 0 Å². The lowest BCUT2D eigenvalue weighted by Crippen LogP contribution is -1.97. The van der Waals surface area contributed by atoms with Crippen LogP contribution in [0, 0.1) is 40.7 Å². The number of fused-ring (bicyclic) bond motifs is 2. The van der Waals surface area contributed by atoms with Crippen molar-refractivity contribution in [3.63, 3.8) is 0 Å². The fourth-order valence-corrected chi connectivity index (χ4v) is 4.14. The molecule has 0 nitrogen and oxygen atoms in total. The Bertz CT molecular complexity index is 1570. The summed E-state index contributed by atoms with van der Waals surface area (Å²) in [5, 5.41) is 0.916. The van der Waals surface area contributed by atoms with Crippen molar-refractivity contribution in [3.8, 4) is 22.3 Å². The molecular weight excluding hydrogens is 445 g/mol. The Morgan fingerprint density at radius 2 is 0.818 bits per heavy atom. The summed E-state index contributed by atoms with van der Waals surface area (Å²) in [6.07, 6.45) is 0. The first-order chi connectivity index (χ1) is 15.8. The zero-order chi connectivity index (χ0) is 23.4. The maximum absolute atomic E-state index is 14.3. The van der Waals surface area contributed by atoms with E-state index in [1.54, 1.807) is 24.3 Å². The van der Waals surface area contributed by atoms with Crippen LogP contribution < -0.4 is 0 Å². The fraction of sp³-hybridized carbons (Fsp3) is 0. The SMILES string of the molecule is Fc1ccc(-c2c3ccccc3c(-c3cc(F)c(F)c(F)c3)c3cc(F)c(F)cc23)cc1F. The highest BCUT2D eigenvalue weighted by molar-refractivity contribution is 6.21. The monoisotopic (exact) mass is 456 g/mol. The Morgan fingerprint density at radius 1 is 0.364 bits per heavy atom. The van der Waals surface area contributed by atoms with Gasteiger partial charge in [0.1, 0.15) is 0 Å². The minimum absolute atomic E-state index is 0.0535. The van der Waals surface area contributed by atoms with Gasteiger partial charge in [-0.25, -0.2) is 30.7 Å². The summed E-state index contributed by atoms with van der Waals surface area (Å²) in [6.45, 7) is 0. The summed E-state index contributed by atoms with van der Waals surface area (Å²) in [6, 6.07) is 12.8. The van der Waals surface area contributed by atoms with Gasteiger partial charge < -0.3 is 0 Å². The number of hydrogen-bond acceptors (Lipinski definition) is 0. The average molecular weight is 456 g/mol. The Hall–Kier alpha value is -3.87. The van der Waals surface area contributed by atoms with Gasteiger partial charge in [0.05, 0.1) is 0 Å². The van der Waals surface area contributed by atoms with E-state index in [4.69, 9.17) is 0 Å². The summed E-state index contributed by atoms with van der Waals surface area (Å²) in [4.78, 5) is 0. The van der Waals surface area contributed by atoms with Crippen LogP contribution >= 0.6 is 0 Å². The van der Waals surface area contributed by atoms with Crippen LogP contribution in [0.1, 0.15) is 0 Å². The van der Waals surface area contributed by atoms with Crippen LogP contribution in [0.2, 0.25) is 0 Å². The highest BCUT2D eigenvalue weighted by Crippen LogP contribution is 2.44. The van der Waals surface area contributed by atoms with Crippen LogP contribution in [0.5, 0.6) is 0 Å². The Kier molecular flexibility index (Phi) is 4.85. The van der Waals surface area contributed by atoms with Crippen molar-refractivity contribution >= 4 is 21.5 Å².